The molecule has 1 aromatic carbocycles. The Bertz CT molecular complexity index is 416. The first-order chi connectivity index (χ1) is 9.67. The number of nitrogens with two attached hydrogens (primary N) is 1. The van der Waals surface area contributed by atoms with Crippen LogP contribution in [0.4, 0.5) is 0 Å². The summed E-state index contributed by atoms with van der Waals surface area (Å²) in [7, 11) is 6.11. The topological polar surface area (TPSA) is 41.7 Å². The quantitative estimate of drug-likeness (QED) is 0.890. The summed E-state index contributed by atoms with van der Waals surface area (Å²) in [5.74, 6) is 0.933. The van der Waals surface area contributed by atoms with Crippen molar-refractivity contribution in [2.45, 2.75) is 24.9 Å². The van der Waals surface area contributed by atoms with Crippen LogP contribution < -0.4 is 10.5 Å². The molecule has 1 unspecified atom stereocenters. The molecule has 20 heavy (non-hydrogen) atoms. The van der Waals surface area contributed by atoms with Gasteiger partial charge in [-0.25, -0.2) is 0 Å². The lowest BCUT2D eigenvalue weighted by Gasteiger charge is -2.39. The zero-order valence-electron chi connectivity index (χ0n) is 12.9. The minimum absolute atomic E-state index is 0.222. The number of nitrogens with zero attached hydrogens (tertiary/aromatic N) is 2. The summed E-state index contributed by atoms with van der Waals surface area (Å²) in [5.41, 5.74) is 7.25. The number of likely N-dealkylation sites (tertiary alicyclic amines) is 1. The van der Waals surface area contributed by atoms with Crippen LogP contribution in [0.25, 0.3) is 0 Å². The van der Waals surface area contributed by atoms with Gasteiger partial charge in [-0.1, -0.05) is 18.2 Å². The fourth-order valence-electron chi connectivity index (χ4n) is 3.11. The maximum atomic E-state index is 6.06. The van der Waals surface area contributed by atoms with E-state index in [9.17, 15) is 0 Å². The third-order valence-corrected chi connectivity index (χ3v) is 4.48. The highest BCUT2D eigenvalue weighted by molar-refractivity contribution is 5.36. The van der Waals surface area contributed by atoms with Crippen LogP contribution in [-0.4, -0.2) is 56.7 Å². The molecular weight excluding hydrogens is 250 g/mol. The molecule has 2 rings (SSSR count). The van der Waals surface area contributed by atoms with Crippen molar-refractivity contribution < 1.29 is 4.74 Å². The van der Waals surface area contributed by atoms with Gasteiger partial charge in [0.15, 0.2) is 0 Å². The number of piperidine rings is 1. The number of rotatable bonds is 5. The van der Waals surface area contributed by atoms with E-state index in [2.05, 4.69) is 36.0 Å². The van der Waals surface area contributed by atoms with Crippen LogP contribution in [0.2, 0.25) is 0 Å². The molecule has 112 valence electrons. The zero-order valence-corrected chi connectivity index (χ0v) is 12.9. The predicted molar refractivity (Wildman–Crippen MR) is 83.1 cm³/mol. The number of likely N-dealkylation sites (N-methyl/N-ethyl adjacent to an activating group) is 1. The number of para-hydroxylation sites is 1. The van der Waals surface area contributed by atoms with Crippen LogP contribution in [0.15, 0.2) is 24.3 Å². The van der Waals surface area contributed by atoms with Crippen LogP contribution >= 0.6 is 0 Å². The highest BCUT2D eigenvalue weighted by Crippen LogP contribution is 2.30. The SMILES string of the molecule is COc1ccccc1C(CN)N(C)C1CCN(C)CC1. The van der Waals surface area contributed by atoms with Crippen LogP contribution in [0.3, 0.4) is 0 Å². The second-order valence-corrected chi connectivity index (χ2v) is 5.69. The number of hydrogen-bond donors (Lipinski definition) is 1. The minimum atomic E-state index is 0.222. The van der Waals surface area contributed by atoms with E-state index in [1.54, 1.807) is 7.11 Å². The van der Waals surface area contributed by atoms with Gasteiger partial charge in [-0.15, -0.1) is 0 Å². The third-order valence-electron chi connectivity index (χ3n) is 4.48. The molecule has 0 saturated carbocycles. The van der Waals surface area contributed by atoms with Crippen molar-refractivity contribution in [3.8, 4) is 5.75 Å². The summed E-state index contributed by atoms with van der Waals surface area (Å²) in [5, 5.41) is 0. The molecule has 1 atom stereocenters. The molecule has 1 aromatic rings. The second-order valence-electron chi connectivity index (χ2n) is 5.69. The molecule has 0 bridgehead atoms. The Morgan fingerprint density at radius 2 is 2.00 bits per heavy atom. The van der Waals surface area contributed by atoms with Gasteiger partial charge >= 0.3 is 0 Å². The van der Waals surface area contributed by atoms with Crippen molar-refractivity contribution in [3.05, 3.63) is 29.8 Å². The molecule has 0 radical (unpaired) electrons. The molecule has 1 aliphatic heterocycles. The molecular formula is C16H27N3O. The summed E-state index contributed by atoms with van der Waals surface area (Å²) < 4.78 is 5.49. The normalized spacial score (nSPS) is 19.2. The maximum Gasteiger partial charge on any atom is 0.123 e. The van der Waals surface area contributed by atoms with E-state index in [-0.39, 0.29) is 6.04 Å². The number of hydrogen-bond acceptors (Lipinski definition) is 4. The van der Waals surface area contributed by atoms with Gasteiger partial charge in [0.2, 0.25) is 0 Å². The molecule has 0 aliphatic carbocycles. The Hall–Kier alpha value is -1.10. The largest absolute Gasteiger partial charge is 0.496 e. The van der Waals surface area contributed by atoms with Gasteiger partial charge in [-0.05, 0) is 46.1 Å². The number of ether oxygens (including phenoxy) is 1. The molecule has 4 nitrogen and oxygen atoms in total. The average Bonchev–Trinajstić information content (AvgIpc) is 2.49. The monoisotopic (exact) mass is 277 g/mol. The van der Waals surface area contributed by atoms with Gasteiger partial charge in [0.1, 0.15) is 5.75 Å². The van der Waals surface area contributed by atoms with Crippen molar-refractivity contribution in [1.29, 1.82) is 0 Å². The number of benzene rings is 1. The highest BCUT2D eigenvalue weighted by Gasteiger charge is 2.27. The summed E-state index contributed by atoms with van der Waals surface area (Å²) in [6.07, 6.45) is 2.41. The standard InChI is InChI=1S/C16H27N3O/c1-18-10-8-13(9-11-18)19(2)15(12-17)14-6-4-5-7-16(14)20-3/h4-7,13,15H,8-12,17H2,1-3H3. The maximum absolute atomic E-state index is 6.06. The minimum Gasteiger partial charge on any atom is -0.496 e. The molecule has 1 heterocycles. The highest BCUT2D eigenvalue weighted by atomic mass is 16.5. The third kappa shape index (κ3) is 3.32. The van der Waals surface area contributed by atoms with Crippen molar-refractivity contribution >= 4 is 0 Å². The van der Waals surface area contributed by atoms with Crippen LogP contribution in [0.1, 0.15) is 24.4 Å². The molecule has 0 amide bonds. The average molecular weight is 277 g/mol. The van der Waals surface area contributed by atoms with Crippen molar-refractivity contribution in [1.82, 2.24) is 9.80 Å². The first kappa shape index (κ1) is 15.3. The first-order valence-corrected chi connectivity index (χ1v) is 7.40. The van der Waals surface area contributed by atoms with E-state index in [0.29, 0.717) is 12.6 Å². The van der Waals surface area contributed by atoms with Crippen LogP contribution in [0.5, 0.6) is 5.75 Å². The van der Waals surface area contributed by atoms with Gasteiger partial charge in [0.25, 0.3) is 0 Å². The second kappa shape index (κ2) is 7.07. The molecule has 2 N–H and O–H groups in total. The first-order valence-electron chi connectivity index (χ1n) is 7.40. The van der Waals surface area contributed by atoms with E-state index >= 15 is 0 Å². The van der Waals surface area contributed by atoms with Gasteiger partial charge in [-0.3, -0.25) is 4.90 Å². The van der Waals surface area contributed by atoms with Gasteiger partial charge in [0, 0.05) is 18.2 Å². The van der Waals surface area contributed by atoms with Gasteiger partial charge in [0.05, 0.1) is 13.2 Å². The van der Waals surface area contributed by atoms with Gasteiger partial charge in [-0.2, -0.15) is 0 Å². The Kier molecular flexibility index (Phi) is 5.40. The molecule has 0 spiro atoms. The molecule has 1 aliphatic rings. The van der Waals surface area contributed by atoms with Gasteiger partial charge < -0.3 is 15.4 Å². The molecule has 0 aromatic heterocycles. The Labute approximate surface area is 122 Å². The molecule has 1 saturated heterocycles. The summed E-state index contributed by atoms with van der Waals surface area (Å²) in [6, 6.07) is 9.03. The molecule has 4 heteroatoms. The lowest BCUT2D eigenvalue weighted by molar-refractivity contribution is 0.108. The lowest BCUT2D eigenvalue weighted by atomic mass is 9.98. The smallest absolute Gasteiger partial charge is 0.123 e. The lowest BCUT2D eigenvalue weighted by Crippen LogP contribution is -2.45. The summed E-state index contributed by atoms with van der Waals surface area (Å²) >= 11 is 0. The fraction of sp³-hybridized carbons (Fsp3) is 0.625. The molecule has 1 fully saturated rings. The van der Waals surface area contributed by atoms with E-state index in [1.807, 2.05) is 12.1 Å². The van der Waals surface area contributed by atoms with Crippen molar-refractivity contribution in [2.24, 2.45) is 5.73 Å². The van der Waals surface area contributed by atoms with Crippen LogP contribution in [0, 0.1) is 0 Å². The van der Waals surface area contributed by atoms with Crippen LogP contribution in [-0.2, 0) is 0 Å². The fourth-order valence-corrected chi connectivity index (χ4v) is 3.11. The van der Waals surface area contributed by atoms with E-state index in [0.717, 1.165) is 18.8 Å². The zero-order chi connectivity index (χ0) is 14.5. The van der Waals surface area contributed by atoms with Crippen molar-refractivity contribution in [3.63, 3.8) is 0 Å². The Morgan fingerprint density at radius 3 is 2.60 bits per heavy atom. The Balaban J connectivity index is 2.14. The van der Waals surface area contributed by atoms with Crippen molar-refractivity contribution in [2.75, 3.05) is 40.8 Å². The van der Waals surface area contributed by atoms with E-state index < -0.39 is 0 Å². The van der Waals surface area contributed by atoms with E-state index in [1.165, 1.54) is 18.4 Å². The predicted octanol–water partition coefficient (Wildman–Crippen LogP) is 1.72. The summed E-state index contributed by atoms with van der Waals surface area (Å²) in [4.78, 5) is 4.83. The number of methoxy groups -OCH3 is 1. The van der Waals surface area contributed by atoms with E-state index in [4.69, 9.17) is 10.5 Å². The Morgan fingerprint density at radius 1 is 1.35 bits per heavy atom. The summed E-state index contributed by atoms with van der Waals surface area (Å²) in [6.45, 7) is 2.94.